The summed E-state index contributed by atoms with van der Waals surface area (Å²) in [5.74, 6) is -0.137. The largest absolute Gasteiger partial charge is 0.512 e. The summed E-state index contributed by atoms with van der Waals surface area (Å²) in [6.07, 6.45) is 0. The molecule has 5 heteroatoms. The van der Waals surface area contributed by atoms with Crippen molar-refractivity contribution in [1.82, 2.24) is 15.0 Å². The second kappa shape index (κ2) is 4.37. The van der Waals surface area contributed by atoms with E-state index in [1.807, 2.05) is 24.3 Å². The molecule has 0 bridgehead atoms. The lowest BCUT2D eigenvalue weighted by Crippen LogP contribution is -2.10. The van der Waals surface area contributed by atoms with Gasteiger partial charge in [-0.1, -0.05) is 17.3 Å². The van der Waals surface area contributed by atoms with Gasteiger partial charge >= 0.3 is 0 Å². The van der Waals surface area contributed by atoms with E-state index in [-0.39, 0.29) is 18.1 Å². The Labute approximate surface area is 98.4 Å². The number of rotatable bonds is 3. The van der Waals surface area contributed by atoms with Crippen LogP contribution in [-0.2, 0) is 11.3 Å². The fourth-order valence-electron chi connectivity index (χ4n) is 1.66. The second-order valence-electron chi connectivity index (χ2n) is 3.86. The number of hydrogen-bond donors (Lipinski definition) is 1. The fraction of sp³-hybridized carbons (Fsp3) is 0.250. The molecule has 0 spiro atoms. The molecule has 1 aromatic carbocycles. The third kappa shape index (κ3) is 2.18. The van der Waals surface area contributed by atoms with Gasteiger partial charge in [0.05, 0.1) is 23.4 Å². The number of benzene rings is 1. The highest BCUT2D eigenvalue weighted by atomic mass is 16.3. The molecule has 1 aromatic heterocycles. The Bertz CT molecular complexity index is 595. The van der Waals surface area contributed by atoms with Gasteiger partial charge in [0.2, 0.25) is 0 Å². The Morgan fingerprint density at radius 3 is 2.71 bits per heavy atom. The van der Waals surface area contributed by atoms with Crippen LogP contribution in [-0.4, -0.2) is 25.9 Å². The van der Waals surface area contributed by atoms with Crippen molar-refractivity contribution in [2.75, 3.05) is 0 Å². The van der Waals surface area contributed by atoms with Gasteiger partial charge in [-0.2, -0.15) is 0 Å². The molecule has 17 heavy (non-hydrogen) atoms. The van der Waals surface area contributed by atoms with E-state index in [9.17, 15) is 9.90 Å². The van der Waals surface area contributed by atoms with Crippen LogP contribution in [0.4, 0.5) is 0 Å². The van der Waals surface area contributed by atoms with Gasteiger partial charge in [-0.15, -0.1) is 5.10 Å². The summed E-state index contributed by atoms with van der Waals surface area (Å²) < 4.78 is 1.60. The third-order valence-electron chi connectivity index (χ3n) is 2.59. The average molecular weight is 231 g/mol. The molecule has 88 valence electrons. The smallest absolute Gasteiger partial charge is 0.161 e. The molecule has 0 fully saturated rings. The average Bonchev–Trinajstić information content (AvgIpc) is 2.68. The van der Waals surface area contributed by atoms with Crippen LogP contribution in [0.5, 0.6) is 0 Å². The molecule has 0 aliphatic rings. The first kappa shape index (κ1) is 11.3. The lowest BCUT2D eigenvalue weighted by atomic mass is 10.1. The number of aliphatic hydroxyl groups is 1. The van der Waals surface area contributed by atoms with Gasteiger partial charge in [-0.05, 0) is 26.0 Å². The maximum atomic E-state index is 11.4. The fourth-order valence-corrected chi connectivity index (χ4v) is 1.66. The SMILES string of the molecule is CC(=O)/C(Cn1nnc2ccccc21)=C(/C)O. The van der Waals surface area contributed by atoms with E-state index in [0.717, 1.165) is 11.0 Å². The van der Waals surface area contributed by atoms with Crippen LogP contribution in [0.1, 0.15) is 13.8 Å². The van der Waals surface area contributed by atoms with Crippen LogP contribution in [0.15, 0.2) is 35.6 Å². The number of para-hydroxylation sites is 1. The molecule has 0 atom stereocenters. The summed E-state index contributed by atoms with van der Waals surface area (Å²) in [5, 5.41) is 17.4. The molecular weight excluding hydrogens is 218 g/mol. The van der Waals surface area contributed by atoms with Crippen LogP contribution in [0, 0.1) is 0 Å². The number of fused-ring (bicyclic) bond motifs is 1. The van der Waals surface area contributed by atoms with Gasteiger partial charge in [0.1, 0.15) is 5.52 Å². The normalized spacial score (nSPS) is 12.6. The molecule has 0 aliphatic carbocycles. The molecule has 0 saturated carbocycles. The molecule has 0 amide bonds. The first-order chi connectivity index (χ1) is 8.09. The molecule has 0 saturated heterocycles. The molecule has 0 radical (unpaired) electrons. The Kier molecular flexibility index (Phi) is 2.91. The first-order valence-corrected chi connectivity index (χ1v) is 5.27. The predicted molar refractivity (Wildman–Crippen MR) is 63.5 cm³/mol. The lowest BCUT2D eigenvalue weighted by Gasteiger charge is -2.05. The zero-order chi connectivity index (χ0) is 12.4. The van der Waals surface area contributed by atoms with Crippen molar-refractivity contribution in [3.8, 4) is 0 Å². The Hall–Kier alpha value is -2.17. The van der Waals surface area contributed by atoms with Gasteiger partial charge < -0.3 is 5.11 Å². The molecule has 5 nitrogen and oxygen atoms in total. The summed E-state index contributed by atoms with van der Waals surface area (Å²) in [7, 11) is 0. The topological polar surface area (TPSA) is 68.0 Å². The van der Waals surface area contributed by atoms with Gasteiger partial charge in [0.15, 0.2) is 5.78 Å². The minimum absolute atomic E-state index is 0.0251. The summed E-state index contributed by atoms with van der Waals surface area (Å²) in [6, 6.07) is 7.48. The maximum Gasteiger partial charge on any atom is 0.161 e. The zero-order valence-corrected chi connectivity index (χ0v) is 9.71. The van der Waals surface area contributed by atoms with Crippen LogP contribution in [0.3, 0.4) is 0 Å². The number of aromatic nitrogens is 3. The number of Topliss-reactive ketones (excluding diaryl/α,β-unsaturated/α-hetero) is 1. The minimum Gasteiger partial charge on any atom is -0.512 e. The first-order valence-electron chi connectivity index (χ1n) is 5.27. The highest BCUT2D eigenvalue weighted by Crippen LogP contribution is 2.13. The molecule has 0 unspecified atom stereocenters. The van der Waals surface area contributed by atoms with Crippen molar-refractivity contribution in [2.45, 2.75) is 20.4 Å². The molecule has 2 aromatic rings. The number of ketones is 1. The van der Waals surface area contributed by atoms with E-state index in [0.29, 0.717) is 5.57 Å². The molecule has 2 rings (SSSR count). The predicted octanol–water partition coefficient (Wildman–Crippen LogP) is 1.85. The van der Waals surface area contributed by atoms with Gasteiger partial charge in [0.25, 0.3) is 0 Å². The van der Waals surface area contributed by atoms with E-state index in [4.69, 9.17) is 0 Å². The molecule has 0 aliphatic heterocycles. The highest BCUT2D eigenvalue weighted by molar-refractivity contribution is 5.93. The van der Waals surface area contributed by atoms with Crippen LogP contribution in [0.2, 0.25) is 0 Å². The van der Waals surface area contributed by atoms with E-state index in [1.54, 1.807) is 4.68 Å². The van der Waals surface area contributed by atoms with E-state index in [2.05, 4.69) is 10.3 Å². The summed E-state index contributed by atoms with van der Waals surface area (Å²) in [6.45, 7) is 3.15. The quantitative estimate of drug-likeness (QED) is 0.646. The lowest BCUT2D eigenvalue weighted by molar-refractivity contribution is -0.114. The van der Waals surface area contributed by atoms with E-state index >= 15 is 0 Å². The Morgan fingerprint density at radius 1 is 1.35 bits per heavy atom. The maximum absolute atomic E-state index is 11.4. The minimum atomic E-state index is -0.162. The molecular formula is C12H13N3O2. The number of carbonyl (C=O) groups excluding carboxylic acids is 1. The number of carbonyl (C=O) groups is 1. The second-order valence-corrected chi connectivity index (χ2v) is 3.86. The van der Waals surface area contributed by atoms with Crippen molar-refractivity contribution in [1.29, 1.82) is 0 Å². The summed E-state index contributed by atoms with van der Waals surface area (Å²) in [5.41, 5.74) is 1.96. The summed E-state index contributed by atoms with van der Waals surface area (Å²) >= 11 is 0. The number of hydrogen-bond acceptors (Lipinski definition) is 4. The van der Waals surface area contributed by atoms with E-state index in [1.165, 1.54) is 13.8 Å². The number of aliphatic hydroxyl groups excluding tert-OH is 1. The van der Waals surface area contributed by atoms with Crippen molar-refractivity contribution in [3.05, 3.63) is 35.6 Å². The van der Waals surface area contributed by atoms with Crippen molar-refractivity contribution in [3.63, 3.8) is 0 Å². The van der Waals surface area contributed by atoms with Gasteiger partial charge in [-0.3, -0.25) is 4.79 Å². The standard InChI is InChI=1S/C12H13N3O2/c1-8(16)10(9(2)17)7-15-12-6-4-3-5-11(12)13-14-15/h3-6,16H,7H2,1-2H3/b10-8-. The number of allylic oxidation sites excluding steroid dienone is 2. The van der Waals surface area contributed by atoms with E-state index < -0.39 is 0 Å². The highest BCUT2D eigenvalue weighted by Gasteiger charge is 2.12. The summed E-state index contributed by atoms with van der Waals surface area (Å²) in [4.78, 5) is 11.4. The van der Waals surface area contributed by atoms with Gasteiger partial charge in [-0.25, -0.2) is 4.68 Å². The third-order valence-corrected chi connectivity index (χ3v) is 2.59. The zero-order valence-electron chi connectivity index (χ0n) is 9.71. The van der Waals surface area contributed by atoms with Gasteiger partial charge in [0, 0.05) is 0 Å². The monoisotopic (exact) mass is 231 g/mol. The van der Waals surface area contributed by atoms with Crippen molar-refractivity contribution < 1.29 is 9.90 Å². The van der Waals surface area contributed by atoms with Crippen LogP contribution < -0.4 is 0 Å². The van der Waals surface area contributed by atoms with Crippen LogP contribution >= 0.6 is 0 Å². The number of nitrogens with zero attached hydrogens (tertiary/aromatic N) is 3. The van der Waals surface area contributed by atoms with Crippen molar-refractivity contribution in [2.24, 2.45) is 0 Å². The Balaban J connectivity index is 2.42. The molecule has 1 heterocycles. The van der Waals surface area contributed by atoms with Crippen LogP contribution in [0.25, 0.3) is 11.0 Å². The molecule has 1 N–H and O–H groups in total. The van der Waals surface area contributed by atoms with Crippen molar-refractivity contribution >= 4 is 16.8 Å². The Morgan fingerprint density at radius 2 is 2.06 bits per heavy atom.